The zero-order chi connectivity index (χ0) is 28.3. The Bertz CT molecular complexity index is 1680. The van der Waals surface area contributed by atoms with Crippen LogP contribution in [0.25, 0.3) is 17.3 Å². The normalized spacial score (nSPS) is 13.5. The summed E-state index contributed by atoms with van der Waals surface area (Å²) in [4.78, 5) is 32.2. The molecule has 4 heterocycles. The van der Waals surface area contributed by atoms with Crippen LogP contribution in [0.2, 0.25) is 5.02 Å². The van der Waals surface area contributed by atoms with Gasteiger partial charge >= 0.3 is 0 Å². The number of amides is 1. The Labute approximate surface area is 247 Å². The first kappa shape index (κ1) is 27.0. The number of carbonyl (C=O) groups is 1. The fourth-order valence-electron chi connectivity index (χ4n) is 4.49. The Morgan fingerprint density at radius 1 is 1.05 bits per heavy atom. The number of hydrogen-bond acceptors (Lipinski definition) is 10. The zero-order valence-electron chi connectivity index (χ0n) is 21.4. The number of furan rings is 1. The SMILES string of the molecule is O=C(c1csc(CSc2nnc(-c3ccco3)n2-c2cccc(Cl)c2)n1)N1CCN(c2ccc([N+](=O)[O-])cc2)CC1. The highest BCUT2D eigenvalue weighted by Gasteiger charge is 2.25. The van der Waals surface area contributed by atoms with E-state index in [4.69, 9.17) is 16.0 Å². The molecular weight excluding hydrogens is 586 g/mol. The number of benzene rings is 2. The first-order valence-corrected chi connectivity index (χ1v) is 14.8. The van der Waals surface area contributed by atoms with Crippen molar-refractivity contribution >= 4 is 52.0 Å². The molecule has 2 aromatic carbocycles. The van der Waals surface area contributed by atoms with Gasteiger partial charge in [0.25, 0.3) is 11.6 Å². The minimum atomic E-state index is -0.413. The summed E-state index contributed by atoms with van der Waals surface area (Å²) in [6, 6.07) is 17.5. The van der Waals surface area contributed by atoms with E-state index in [-0.39, 0.29) is 11.6 Å². The summed E-state index contributed by atoms with van der Waals surface area (Å²) in [5.41, 5.74) is 2.18. The van der Waals surface area contributed by atoms with E-state index in [1.165, 1.54) is 35.2 Å². The average Bonchev–Trinajstić information content (AvgIpc) is 3.77. The fourth-order valence-corrected chi connectivity index (χ4v) is 6.42. The molecule has 5 aromatic rings. The molecule has 1 amide bonds. The minimum absolute atomic E-state index is 0.0581. The van der Waals surface area contributed by atoms with E-state index >= 15 is 0 Å². The third-order valence-corrected chi connectivity index (χ3v) is 8.74. The third kappa shape index (κ3) is 5.82. The summed E-state index contributed by atoms with van der Waals surface area (Å²) in [7, 11) is 0. The maximum atomic E-state index is 13.2. The van der Waals surface area contributed by atoms with E-state index in [2.05, 4.69) is 20.1 Å². The van der Waals surface area contributed by atoms with Gasteiger partial charge in [-0.1, -0.05) is 29.4 Å². The van der Waals surface area contributed by atoms with Gasteiger partial charge in [0.1, 0.15) is 10.7 Å². The van der Waals surface area contributed by atoms with Crippen LogP contribution >= 0.6 is 34.7 Å². The van der Waals surface area contributed by atoms with Gasteiger partial charge in [0.05, 0.1) is 22.6 Å². The van der Waals surface area contributed by atoms with Crippen LogP contribution in [0.1, 0.15) is 15.5 Å². The molecule has 41 heavy (non-hydrogen) atoms. The van der Waals surface area contributed by atoms with Gasteiger partial charge in [0, 0.05) is 54.4 Å². The Morgan fingerprint density at radius 2 is 1.85 bits per heavy atom. The summed E-state index contributed by atoms with van der Waals surface area (Å²) in [6.07, 6.45) is 1.59. The van der Waals surface area contributed by atoms with Gasteiger partial charge in [0.2, 0.25) is 5.82 Å². The van der Waals surface area contributed by atoms with E-state index in [0.29, 0.717) is 59.4 Å². The second kappa shape index (κ2) is 11.7. The van der Waals surface area contributed by atoms with Gasteiger partial charge in [-0.25, -0.2) is 4.98 Å². The van der Waals surface area contributed by atoms with Crippen molar-refractivity contribution in [2.45, 2.75) is 10.9 Å². The molecule has 208 valence electrons. The van der Waals surface area contributed by atoms with Crippen LogP contribution in [0.5, 0.6) is 0 Å². The van der Waals surface area contributed by atoms with Gasteiger partial charge in [0.15, 0.2) is 10.9 Å². The lowest BCUT2D eigenvalue weighted by Gasteiger charge is -2.35. The van der Waals surface area contributed by atoms with E-state index in [0.717, 1.165) is 16.4 Å². The highest BCUT2D eigenvalue weighted by molar-refractivity contribution is 7.98. The van der Waals surface area contributed by atoms with Crippen molar-refractivity contribution in [1.82, 2.24) is 24.6 Å². The first-order chi connectivity index (χ1) is 20.0. The van der Waals surface area contributed by atoms with Crippen LogP contribution < -0.4 is 4.90 Å². The molecule has 0 saturated carbocycles. The predicted octanol–water partition coefficient (Wildman–Crippen LogP) is 5.80. The lowest BCUT2D eigenvalue weighted by Crippen LogP contribution is -2.48. The summed E-state index contributed by atoms with van der Waals surface area (Å²) in [5, 5.41) is 23.5. The van der Waals surface area contributed by atoms with Gasteiger partial charge in [-0.2, -0.15) is 0 Å². The Hall–Kier alpha value is -4.20. The van der Waals surface area contributed by atoms with Crippen LogP contribution in [0.3, 0.4) is 0 Å². The van der Waals surface area contributed by atoms with E-state index < -0.39 is 4.92 Å². The summed E-state index contributed by atoms with van der Waals surface area (Å²) < 4.78 is 7.46. The smallest absolute Gasteiger partial charge is 0.273 e. The molecule has 0 aliphatic carbocycles. The average molecular weight is 608 g/mol. The van der Waals surface area contributed by atoms with Crippen LogP contribution in [0.15, 0.2) is 81.9 Å². The molecule has 1 fully saturated rings. The molecule has 0 spiro atoms. The number of thiazole rings is 1. The number of thioether (sulfide) groups is 1. The summed E-state index contributed by atoms with van der Waals surface area (Å²) >= 11 is 9.15. The first-order valence-electron chi connectivity index (χ1n) is 12.6. The number of nitrogens with zero attached hydrogens (tertiary/aromatic N) is 7. The van der Waals surface area contributed by atoms with Gasteiger partial charge in [-0.05, 0) is 42.5 Å². The van der Waals surface area contributed by atoms with Gasteiger partial charge < -0.3 is 14.2 Å². The Morgan fingerprint density at radius 3 is 2.56 bits per heavy atom. The molecule has 0 unspecified atom stereocenters. The standard InChI is InChI=1S/C27H22ClN7O4S2/c28-18-3-1-4-21(15-18)34-25(23-5-2-14-39-23)30-31-27(34)41-17-24-29-22(16-40-24)26(36)33-12-10-32(11-13-33)19-6-8-20(9-7-19)35(37)38/h1-9,14-16H,10-13,17H2. The number of carbonyl (C=O) groups excluding carboxylic acids is 1. The molecule has 3 aromatic heterocycles. The number of non-ortho nitro benzene ring substituents is 1. The number of anilines is 1. The molecule has 0 bridgehead atoms. The van der Waals surface area contributed by atoms with Crippen molar-refractivity contribution in [3.05, 3.63) is 98.1 Å². The predicted molar refractivity (Wildman–Crippen MR) is 157 cm³/mol. The molecule has 0 atom stereocenters. The van der Waals surface area contributed by atoms with Crippen LogP contribution in [0.4, 0.5) is 11.4 Å². The monoisotopic (exact) mass is 607 g/mol. The van der Waals surface area contributed by atoms with Crippen molar-refractivity contribution in [3.63, 3.8) is 0 Å². The number of nitro benzene ring substituents is 1. The molecule has 1 aliphatic rings. The topological polar surface area (TPSA) is 123 Å². The molecule has 6 rings (SSSR count). The molecule has 0 N–H and O–H groups in total. The van der Waals surface area contributed by atoms with Crippen molar-refractivity contribution < 1.29 is 14.1 Å². The number of aromatic nitrogens is 4. The van der Waals surface area contributed by atoms with E-state index in [9.17, 15) is 14.9 Å². The van der Waals surface area contributed by atoms with Crippen LogP contribution in [-0.4, -0.2) is 61.7 Å². The maximum absolute atomic E-state index is 13.2. The minimum Gasteiger partial charge on any atom is -0.461 e. The van der Waals surface area contributed by atoms with E-state index in [1.54, 1.807) is 40.8 Å². The number of nitro groups is 1. The number of hydrogen-bond donors (Lipinski definition) is 0. The maximum Gasteiger partial charge on any atom is 0.273 e. The van der Waals surface area contributed by atoms with Crippen LogP contribution in [-0.2, 0) is 5.75 Å². The highest BCUT2D eigenvalue weighted by Crippen LogP contribution is 2.31. The summed E-state index contributed by atoms with van der Waals surface area (Å²) in [5.74, 6) is 1.54. The summed E-state index contributed by atoms with van der Waals surface area (Å²) in [6.45, 7) is 2.34. The number of rotatable bonds is 8. The fraction of sp³-hybridized carbons (Fsp3) is 0.185. The van der Waals surface area contributed by atoms with Crippen molar-refractivity contribution in [3.8, 4) is 17.3 Å². The largest absolute Gasteiger partial charge is 0.461 e. The van der Waals surface area contributed by atoms with E-state index in [1.807, 2.05) is 28.8 Å². The third-order valence-electron chi connectivity index (χ3n) is 6.53. The number of halogens is 1. The molecule has 14 heteroatoms. The molecule has 1 saturated heterocycles. The molecule has 11 nitrogen and oxygen atoms in total. The van der Waals surface area contributed by atoms with Gasteiger partial charge in [-0.3, -0.25) is 19.5 Å². The quantitative estimate of drug-likeness (QED) is 0.122. The lowest BCUT2D eigenvalue weighted by molar-refractivity contribution is -0.384. The highest BCUT2D eigenvalue weighted by atomic mass is 35.5. The van der Waals surface area contributed by atoms with Crippen molar-refractivity contribution in [2.75, 3.05) is 31.1 Å². The zero-order valence-corrected chi connectivity index (χ0v) is 23.8. The van der Waals surface area contributed by atoms with Crippen LogP contribution in [0, 0.1) is 10.1 Å². The Balaban J connectivity index is 1.11. The molecule has 0 radical (unpaired) electrons. The van der Waals surface area contributed by atoms with Crippen molar-refractivity contribution in [1.29, 1.82) is 0 Å². The second-order valence-corrected chi connectivity index (χ2v) is 11.4. The van der Waals surface area contributed by atoms with Gasteiger partial charge in [-0.15, -0.1) is 21.5 Å². The lowest BCUT2D eigenvalue weighted by atomic mass is 10.2. The molecule has 1 aliphatic heterocycles. The molecular formula is C27H22ClN7O4S2. The Kier molecular flexibility index (Phi) is 7.72. The van der Waals surface area contributed by atoms with Crippen molar-refractivity contribution in [2.24, 2.45) is 0 Å². The second-order valence-electron chi connectivity index (χ2n) is 9.07. The number of piperazine rings is 1.